The summed E-state index contributed by atoms with van der Waals surface area (Å²) in [5.74, 6) is -0.717. The third-order valence-electron chi connectivity index (χ3n) is 4.53. The Labute approximate surface area is 147 Å². The molecule has 0 radical (unpaired) electrons. The van der Waals surface area contributed by atoms with Gasteiger partial charge in [-0.05, 0) is 24.3 Å². The maximum atomic E-state index is 11.5. The van der Waals surface area contributed by atoms with E-state index in [4.69, 9.17) is 5.73 Å². The van der Waals surface area contributed by atoms with Crippen molar-refractivity contribution in [2.24, 2.45) is 5.73 Å². The second-order valence-corrected chi connectivity index (χ2v) is 6.15. The first-order valence-corrected chi connectivity index (χ1v) is 8.53. The molecular formula is C19H24N4O2. The molecule has 1 fully saturated rings. The highest BCUT2D eigenvalue weighted by molar-refractivity contribution is 6.01. The second-order valence-electron chi connectivity index (χ2n) is 6.15. The summed E-state index contributed by atoms with van der Waals surface area (Å²) >= 11 is 0. The van der Waals surface area contributed by atoms with Crippen molar-refractivity contribution in [3.8, 4) is 5.75 Å². The first kappa shape index (κ1) is 17.1. The highest BCUT2D eigenvalue weighted by Gasteiger charge is 2.17. The van der Waals surface area contributed by atoms with Crippen molar-refractivity contribution in [3.63, 3.8) is 0 Å². The highest BCUT2D eigenvalue weighted by Crippen LogP contribution is 2.24. The van der Waals surface area contributed by atoms with Gasteiger partial charge in [-0.25, -0.2) is 0 Å². The Kier molecular flexibility index (Phi) is 5.40. The fraction of sp³-hybridized carbons (Fsp3) is 0.316. The van der Waals surface area contributed by atoms with Crippen LogP contribution in [0.25, 0.3) is 0 Å². The molecule has 2 aromatic rings. The van der Waals surface area contributed by atoms with E-state index >= 15 is 0 Å². The summed E-state index contributed by atoms with van der Waals surface area (Å²) in [5, 5.41) is 13.0. The average molecular weight is 340 g/mol. The molecule has 0 atom stereocenters. The highest BCUT2D eigenvalue weighted by atomic mass is 16.3. The monoisotopic (exact) mass is 340 g/mol. The Bertz CT molecular complexity index is 713. The Morgan fingerprint density at radius 2 is 1.76 bits per heavy atom. The first-order valence-electron chi connectivity index (χ1n) is 8.53. The van der Waals surface area contributed by atoms with Crippen LogP contribution in [0.15, 0.2) is 48.5 Å². The van der Waals surface area contributed by atoms with Gasteiger partial charge < -0.3 is 21.1 Å². The van der Waals surface area contributed by atoms with Crippen molar-refractivity contribution >= 4 is 17.3 Å². The van der Waals surface area contributed by atoms with Crippen LogP contribution in [0.2, 0.25) is 0 Å². The van der Waals surface area contributed by atoms with Crippen molar-refractivity contribution in [2.75, 3.05) is 49.5 Å². The second kappa shape index (κ2) is 7.90. The fourth-order valence-electron chi connectivity index (χ4n) is 3.16. The minimum Gasteiger partial charge on any atom is -0.507 e. The number of nitrogens with one attached hydrogen (secondary N) is 1. The van der Waals surface area contributed by atoms with Gasteiger partial charge in [0.1, 0.15) is 11.3 Å². The van der Waals surface area contributed by atoms with Gasteiger partial charge in [0, 0.05) is 45.0 Å². The van der Waals surface area contributed by atoms with Crippen LogP contribution in [0.3, 0.4) is 0 Å². The number of carbonyl (C=O) groups excluding carboxylic acids is 1. The van der Waals surface area contributed by atoms with E-state index in [0.29, 0.717) is 12.2 Å². The molecule has 0 unspecified atom stereocenters. The zero-order valence-electron chi connectivity index (χ0n) is 14.2. The predicted molar refractivity (Wildman–Crippen MR) is 100 cm³/mol. The van der Waals surface area contributed by atoms with Crippen LogP contribution in [0, 0.1) is 0 Å². The molecule has 0 aromatic heterocycles. The molecule has 6 heteroatoms. The van der Waals surface area contributed by atoms with E-state index in [-0.39, 0.29) is 11.3 Å². The lowest BCUT2D eigenvalue weighted by Crippen LogP contribution is -2.47. The van der Waals surface area contributed by atoms with E-state index in [1.165, 1.54) is 11.8 Å². The number of amides is 1. The zero-order chi connectivity index (χ0) is 17.6. The normalized spacial score (nSPS) is 15.1. The van der Waals surface area contributed by atoms with Crippen LogP contribution >= 0.6 is 0 Å². The van der Waals surface area contributed by atoms with Gasteiger partial charge in [-0.1, -0.05) is 24.3 Å². The number of aromatic hydroxyl groups is 1. The SMILES string of the molecule is NC(=O)c1c(O)cccc1NCCN1CCN(c2ccccc2)CC1. The van der Waals surface area contributed by atoms with E-state index in [1.54, 1.807) is 12.1 Å². The lowest BCUT2D eigenvalue weighted by Gasteiger charge is -2.36. The Morgan fingerprint density at radius 1 is 1.04 bits per heavy atom. The molecule has 6 nitrogen and oxygen atoms in total. The van der Waals surface area contributed by atoms with Crippen molar-refractivity contribution < 1.29 is 9.90 Å². The predicted octanol–water partition coefficient (Wildman–Crippen LogP) is 1.73. The van der Waals surface area contributed by atoms with E-state index in [0.717, 1.165) is 32.7 Å². The number of anilines is 2. The summed E-state index contributed by atoms with van der Waals surface area (Å²) in [5.41, 5.74) is 7.34. The standard InChI is InChI=1S/C19H24N4O2/c20-19(25)18-16(7-4-8-17(18)24)21-9-10-22-11-13-23(14-12-22)15-5-2-1-3-6-15/h1-8,21,24H,9-14H2,(H2,20,25). The topological polar surface area (TPSA) is 81.8 Å². The van der Waals surface area contributed by atoms with Gasteiger partial charge in [-0.15, -0.1) is 0 Å². The average Bonchev–Trinajstić information content (AvgIpc) is 2.63. The molecule has 0 aliphatic carbocycles. The smallest absolute Gasteiger partial charge is 0.254 e. The van der Waals surface area contributed by atoms with Crippen molar-refractivity contribution in [1.82, 2.24) is 4.90 Å². The van der Waals surface area contributed by atoms with E-state index in [1.807, 2.05) is 6.07 Å². The third kappa shape index (κ3) is 4.22. The minimum absolute atomic E-state index is 0.0889. The maximum absolute atomic E-state index is 11.5. The van der Waals surface area contributed by atoms with Gasteiger partial charge in [-0.3, -0.25) is 9.69 Å². The number of carbonyl (C=O) groups is 1. The van der Waals surface area contributed by atoms with Crippen LogP contribution in [0.1, 0.15) is 10.4 Å². The molecule has 0 saturated carbocycles. The summed E-state index contributed by atoms with van der Waals surface area (Å²) in [6.07, 6.45) is 0. The molecule has 0 spiro atoms. The molecule has 2 aromatic carbocycles. The molecule has 132 valence electrons. The van der Waals surface area contributed by atoms with Gasteiger partial charge in [0.05, 0.1) is 5.69 Å². The largest absolute Gasteiger partial charge is 0.507 e. The molecule has 1 saturated heterocycles. The van der Waals surface area contributed by atoms with Crippen molar-refractivity contribution in [2.45, 2.75) is 0 Å². The molecular weight excluding hydrogens is 316 g/mol. The zero-order valence-corrected chi connectivity index (χ0v) is 14.2. The number of hydrogen-bond acceptors (Lipinski definition) is 5. The summed E-state index contributed by atoms with van der Waals surface area (Å²) in [6, 6.07) is 15.4. The number of para-hydroxylation sites is 1. The van der Waals surface area contributed by atoms with Crippen molar-refractivity contribution in [1.29, 1.82) is 0 Å². The maximum Gasteiger partial charge on any atom is 0.254 e. The van der Waals surface area contributed by atoms with Gasteiger partial charge in [0.2, 0.25) is 0 Å². The Balaban J connectivity index is 1.48. The first-order chi connectivity index (χ1) is 12.1. The van der Waals surface area contributed by atoms with Gasteiger partial charge in [0.15, 0.2) is 0 Å². The molecule has 1 aliphatic heterocycles. The number of piperazine rings is 1. The molecule has 1 amide bonds. The Hall–Kier alpha value is -2.73. The number of nitrogens with two attached hydrogens (primary N) is 1. The number of nitrogens with zero attached hydrogens (tertiary/aromatic N) is 2. The molecule has 25 heavy (non-hydrogen) atoms. The molecule has 0 bridgehead atoms. The summed E-state index contributed by atoms with van der Waals surface area (Å²) in [7, 11) is 0. The summed E-state index contributed by atoms with van der Waals surface area (Å²) in [6.45, 7) is 5.56. The molecule has 1 heterocycles. The summed E-state index contributed by atoms with van der Waals surface area (Å²) < 4.78 is 0. The molecule has 1 aliphatic rings. The van der Waals surface area contributed by atoms with E-state index in [2.05, 4.69) is 39.4 Å². The van der Waals surface area contributed by atoms with Crippen molar-refractivity contribution in [3.05, 3.63) is 54.1 Å². The van der Waals surface area contributed by atoms with Gasteiger partial charge in [-0.2, -0.15) is 0 Å². The van der Waals surface area contributed by atoms with Crippen LogP contribution in [0.5, 0.6) is 5.75 Å². The van der Waals surface area contributed by atoms with Gasteiger partial charge >= 0.3 is 0 Å². The third-order valence-corrected chi connectivity index (χ3v) is 4.53. The van der Waals surface area contributed by atoms with Crippen LogP contribution in [-0.2, 0) is 0 Å². The van der Waals surface area contributed by atoms with Crippen LogP contribution < -0.4 is 16.0 Å². The van der Waals surface area contributed by atoms with E-state index < -0.39 is 5.91 Å². The molecule has 3 rings (SSSR count). The quantitative estimate of drug-likeness (QED) is 0.746. The number of phenols is 1. The minimum atomic E-state index is -0.628. The van der Waals surface area contributed by atoms with Crippen LogP contribution in [0.4, 0.5) is 11.4 Å². The Morgan fingerprint density at radius 3 is 2.44 bits per heavy atom. The lowest BCUT2D eigenvalue weighted by molar-refractivity contribution is 0.0998. The summed E-state index contributed by atoms with van der Waals surface area (Å²) in [4.78, 5) is 16.3. The van der Waals surface area contributed by atoms with Crippen LogP contribution in [-0.4, -0.2) is 55.2 Å². The number of hydrogen-bond donors (Lipinski definition) is 3. The lowest BCUT2D eigenvalue weighted by atomic mass is 10.1. The fourth-order valence-corrected chi connectivity index (χ4v) is 3.16. The van der Waals surface area contributed by atoms with Gasteiger partial charge in [0.25, 0.3) is 5.91 Å². The number of benzene rings is 2. The molecule has 4 N–H and O–H groups in total. The number of rotatable bonds is 6. The number of primary amides is 1. The van der Waals surface area contributed by atoms with E-state index in [9.17, 15) is 9.90 Å².